The van der Waals surface area contributed by atoms with E-state index in [1.165, 1.54) is 0 Å². The van der Waals surface area contributed by atoms with Crippen molar-refractivity contribution in [1.82, 2.24) is 15.1 Å². The Bertz CT molecular complexity index is 635. The molecule has 2 aromatic rings. The average Bonchev–Trinajstić information content (AvgIpc) is 3.12. The smallest absolute Gasteiger partial charge is 0.221 e. The summed E-state index contributed by atoms with van der Waals surface area (Å²) in [6.45, 7) is 1.95. The lowest BCUT2D eigenvalue weighted by Gasteiger charge is -2.11. The first-order valence-electron chi connectivity index (χ1n) is 7.22. The lowest BCUT2D eigenvalue weighted by atomic mass is 10.2. The summed E-state index contributed by atoms with van der Waals surface area (Å²) in [5.41, 5.74) is 0.953. The van der Waals surface area contributed by atoms with Gasteiger partial charge in [-0.25, -0.2) is 0 Å². The van der Waals surface area contributed by atoms with Crippen molar-refractivity contribution in [2.24, 2.45) is 0 Å². The highest BCUT2D eigenvalue weighted by Gasteiger charge is 2.16. The maximum Gasteiger partial charge on any atom is 0.221 e. The van der Waals surface area contributed by atoms with E-state index in [0.717, 1.165) is 30.4 Å². The van der Waals surface area contributed by atoms with Crippen molar-refractivity contribution in [3.8, 4) is 0 Å². The Kier molecular flexibility index (Phi) is 4.41. The Balaban J connectivity index is 1.53. The maximum absolute atomic E-state index is 11.9. The van der Waals surface area contributed by atoms with E-state index in [4.69, 9.17) is 16.3 Å². The van der Waals surface area contributed by atoms with E-state index in [1.54, 1.807) is 6.20 Å². The Morgan fingerprint density at radius 3 is 3.24 bits per heavy atom. The van der Waals surface area contributed by atoms with E-state index in [9.17, 15) is 4.79 Å². The number of hydrogen-bond donors (Lipinski definition) is 1. The molecule has 0 aliphatic carbocycles. The number of rotatable bonds is 5. The van der Waals surface area contributed by atoms with Gasteiger partial charge in [0, 0.05) is 30.0 Å². The van der Waals surface area contributed by atoms with Gasteiger partial charge in [-0.2, -0.15) is 5.10 Å². The Labute approximate surface area is 128 Å². The van der Waals surface area contributed by atoms with Crippen molar-refractivity contribution < 1.29 is 9.53 Å². The highest BCUT2D eigenvalue weighted by Crippen LogP contribution is 2.19. The number of aryl methyl sites for hydroxylation is 1. The summed E-state index contributed by atoms with van der Waals surface area (Å²) in [7, 11) is 0. The number of aromatic nitrogens is 2. The van der Waals surface area contributed by atoms with Gasteiger partial charge in [-0.05, 0) is 31.0 Å². The third kappa shape index (κ3) is 3.54. The minimum absolute atomic E-state index is 0.0242. The number of halogens is 1. The molecule has 1 aromatic heterocycles. The molecule has 1 atom stereocenters. The van der Waals surface area contributed by atoms with Crippen molar-refractivity contribution >= 4 is 28.4 Å². The molecule has 0 unspecified atom stereocenters. The topological polar surface area (TPSA) is 56.2 Å². The van der Waals surface area contributed by atoms with Crippen LogP contribution in [0, 0.1) is 0 Å². The van der Waals surface area contributed by atoms with Gasteiger partial charge in [0.15, 0.2) is 0 Å². The van der Waals surface area contributed by atoms with Gasteiger partial charge in [-0.15, -0.1) is 0 Å². The summed E-state index contributed by atoms with van der Waals surface area (Å²) >= 11 is 6.00. The molecule has 1 saturated heterocycles. The zero-order valence-electron chi connectivity index (χ0n) is 11.7. The molecule has 6 heteroatoms. The molecule has 1 amide bonds. The third-order valence-corrected chi connectivity index (χ3v) is 3.94. The molecule has 0 spiro atoms. The normalized spacial score (nSPS) is 18.2. The van der Waals surface area contributed by atoms with Gasteiger partial charge in [0.1, 0.15) is 0 Å². The first kappa shape index (κ1) is 14.4. The van der Waals surface area contributed by atoms with E-state index in [1.807, 2.05) is 22.9 Å². The van der Waals surface area contributed by atoms with Crippen molar-refractivity contribution in [2.75, 3.05) is 13.2 Å². The fourth-order valence-corrected chi connectivity index (χ4v) is 2.72. The molecular formula is C15H18ClN3O2. The molecule has 0 radical (unpaired) electrons. The van der Waals surface area contributed by atoms with Crippen LogP contribution in [0.25, 0.3) is 10.9 Å². The maximum atomic E-state index is 11.9. The van der Waals surface area contributed by atoms with Gasteiger partial charge in [0.2, 0.25) is 5.91 Å². The lowest BCUT2D eigenvalue weighted by Crippen LogP contribution is -2.32. The third-order valence-electron chi connectivity index (χ3n) is 3.71. The van der Waals surface area contributed by atoms with Crippen molar-refractivity contribution in [3.63, 3.8) is 0 Å². The van der Waals surface area contributed by atoms with Gasteiger partial charge in [0.05, 0.1) is 24.4 Å². The average molecular weight is 308 g/mol. The van der Waals surface area contributed by atoms with Crippen LogP contribution in [0.15, 0.2) is 24.4 Å². The molecule has 2 heterocycles. The second-order valence-electron chi connectivity index (χ2n) is 5.26. The number of nitrogens with one attached hydrogen (secondary N) is 1. The monoisotopic (exact) mass is 307 g/mol. The van der Waals surface area contributed by atoms with E-state index in [2.05, 4.69) is 10.4 Å². The highest BCUT2D eigenvalue weighted by molar-refractivity contribution is 6.31. The van der Waals surface area contributed by atoms with Crippen LogP contribution in [0.2, 0.25) is 5.02 Å². The molecule has 1 aromatic carbocycles. The molecule has 5 nitrogen and oxygen atoms in total. The molecule has 1 aliphatic heterocycles. The van der Waals surface area contributed by atoms with Gasteiger partial charge < -0.3 is 10.1 Å². The van der Waals surface area contributed by atoms with Gasteiger partial charge >= 0.3 is 0 Å². The zero-order chi connectivity index (χ0) is 14.7. The van der Waals surface area contributed by atoms with E-state index in [-0.39, 0.29) is 12.0 Å². The van der Waals surface area contributed by atoms with Gasteiger partial charge in [-0.1, -0.05) is 11.6 Å². The molecule has 0 saturated carbocycles. The Hall–Kier alpha value is -1.59. The van der Waals surface area contributed by atoms with Crippen molar-refractivity contribution in [2.45, 2.75) is 31.9 Å². The number of carbonyl (C=O) groups is 1. The minimum atomic E-state index is 0.0242. The number of amides is 1. The quantitative estimate of drug-likeness (QED) is 0.922. The minimum Gasteiger partial charge on any atom is -0.376 e. The molecule has 0 bridgehead atoms. The molecule has 3 rings (SSSR count). The second-order valence-corrected chi connectivity index (χ2v) is 5.70. The zero-order valence-corrected chi connectivity index (χ0v) is 12.5. The molecule has 1 aliphatic rings. The lowest BCUT2D eigenvalue weighted by molar-refractivity contribution is -0.121. The van der Waals surface area contributed by atoms with Crippen LogP contribution >= 0.6 is 11.6 Å². The number of fused-ring (bicyclic) bond motifs is 1. The number of carbonyl (C=O) groups excluding carboxylic acids is 1. The van der Waals surface area contributed by atoms with Gasteiger partial charge in [-0.3, -0.25) is 9.48 Å². The fourth-order valence-electron chi connectivity index (χ4n) is 2.55. The summed E-state index contributed by atoms with van der Waals surface area (Å²) in [6.07, 6.45) is 4.48. The summed E-state index contributed by atoms with van der Waals surface area (Å²) < 4.78 is 7.29. The summed E-state index contributed by atoms with van der Waals surface area (Å²) in [5, 5.41) is 8.91. The number of hydrogen-bond acceptors (Lipinski definition) is 3. The fraction of sp³-hybridized carbons (Fsp3) is 0.467. The van der Waals surface area contributed by atoms with E-state index < -0.39 is 0 Å². The van der Waals surface area contributed by atoms with Crippen LogP contribution in [-0.4, -0.2) is 34.9 Å². The summed E-state index contributed by atoms with van der Waals surface area (Å²) in [6, 6.07) is 5.64. The van der Waals surface area contributed by atoms with Crippen LogP contribution < -0.4 is 5.32 Å². The first-order chi connectivity index (χ1) is 10.2. The summed E-state index contributed by atoms with van der Waals surface area (Å²) in [5.74, 6) is 0.0242. The predicted molar refractivity (Wildman–Crippen MR) is 81.3 cm³/mol. The molecule has 112 valence electrons. The number of nitrogens with zero attached hydrogens (tertiary/aromatic N) is 2. The molecular weight excluding hydrogens is 290 g/mol. The number of benzene rings is 1. The second kappa shape index (κ2) is 6.45. The van der Waals surface area contributed by atoms with Crippen molar-refractivity contribution in [1.29, 1.82) is 0 Å². The van der Waals surface area contributed by atoms with E-state index in [0.29, 0.717) is 24.5 Å². The van der Waals surface area contributed by atoms with Crippen LogP contribution in [0.3, 0.4) is 0 Å². The largest absolute Gasteiger partial charge is 0.376 e. The molecule has 21 heavy (non-hydrogen) atoms. The molecule has 1 N–H and O–H groups in total. The molecule has 1 fully saturated rings. The Morgan fingerprint density at radius 2 is 2.43 bits per heavy atom. The van der Waals surface area contributed by atoms with Gasteiger partial charge in [0.25, 0.3) is 0 Å². The standard InChI is InChI=1S/C15H18ClN3O2/c16-12-4-3-11-9-18-19(14(11)8-12)6-5-15(20)17-10-13-2-1-7-21-13/h3-4,8-9,13H,1-2,5-7,10H2,(H,17,20)/t13-/m0/s1. The van der Waals surface area contributed by atoms with Crippen LogP contribution in [-0.2, 0) is 16.1 Å². The van der Waals surface area contributed by atoms with Crippen LogP contribution in [0.5, 0.6) is 0 Å². The SMILES string of the molecule is O=C(CCn1ncc2ccc(Cl)cc21)NC[C@@H]1CCCO1. The Morgan fingerprint density at radius 1 is 1.52 bits per heavy atom. The highest BCUT2D eigenvalue weighted by atomic mass is 35.5. The first-order valence-corrected chi connectivity index (χ1v) is 7.59. The van der Waals surface area contributed by atoms with Crippen LogP contribution in [0.1, 0.15) is 19.3 Å². The number of ether oxygens (including phenoxy) is 1. The summed E-state index contributed by atoms with van der Waals surface area (Å²) in [4.78, 5) is 11.9. The van der Waals surface area contributed by atoms with Crippen molar-refractivity contribution in [3.05, 3.63) is 29.4 Å². The van der Waals surface area contributed by atoms with Crippen LogP contribution in [0.4, 0.5) is 0 Å². The van der Waals surface area contributed by atoms with E-state index >= 15 is 0 Å². The predicted octanol–water partition coefficient (Wildman–Crippen LogP) is 2.38.